The number of carbonyl (C=O) groups is 1. The molecule has 2 heterocycles. The quantitative estimate of drug-likeness (QED) is 0.890. The molecule has 2 N–H and O–H groups in total. The zero-order valence-corrected chi connectivity index (χ0v) is 14.8. The van der Waals surface area contributed by atoms with Crippen molar-refractivity contribution < 1.29 is 4.79 Å². The van der Waals surface area contributed by atoms with Crippen LogP contribution >= 0.6 is 12.4 Å². The lowest BCUT2D eigenvalue weighted by Gasteiger charge is -2.22. The molecular formula is C17H24ClN5O. The van der Waals surface area contributed by atoms with E-state index in [0.29, 0.717) is 17.7 Å². The first-order valence-corrected chi connectivity index (χ1v) is 8.17. The van der Waals surface area contributed by atoms with E-state index in [-0.39, 0.29) is 18.3 Å². The van der Waals surface area contributed by atoms with Crippen LogP contribution in [0, 0.1) is 0 Å². The predicted molar refractivity (Wildman–Crippen MR) is 96.9 cm³/mol. The molecule has 1 aromatic heterocycles. The first-order chi connectivity index (χ1) is 11.1. The normalized spacial score (nSPS) is 15.1. The van der Waals surface area contributed by atoms with Gasteiger partial charge in [-0.3, -0.25) is 4.79 Å². The molecule has 24 heavy (non-hydrogen) atoms. The lowest BCUT2D eigenvalue weighted by Crippen LogP contribution is -2.29. The van der Waals surface area contributed by atoms with E-state index >= 15 is 0 Å². The molecule has 130 valence electrons. The highest BCUT2D eigenvalue weighted by Crippen LogP contribution is 2.19. The summed E-state index contributed by atoms with van der Waals surface area (Å²) in [6.07, 6.45) is 3.77. The molecule has 2 aromatic rings. The molecule has 1 aliphatic rings. The SMILES string of the molecule is CC(C)c1ccc(NC(=O)c2cn(C3CCNCC3)nn2)cc1.Cl. The smallest absolute Gasteiger partial charge is 0.277 e. The van der Waals surface area contributed by atoms with Crippen LogP contribution in [0.2, 0.25) is 0 Å². The van der Waals surface area contributed by atoms with Crippen LogP contribution < -0.4 is 10.6 Å². The Labute approximate surface area is 148 Å². The van der Waals surface area contributed by atoms with E-state index in [1.54, 1.807) is 6.20 Å². The minimum atomic E-state index is -0.220. The summed E-state index contributed by atoms with van der Waals surface area (Å²) in [6, 6.07) is 8.24. The van der Waals surface area contributed by atoms with Gasteiger partial charge in [-0.25, -0.2) is 4.68 Å². The number of halogens is 1. The molecule has 1 amide bonds. The highest BCUT2D eigenvalue weighted by molar-refractivity contribution is 6.02. The summed E-state index contributed by atoms with van der Waals surface area (Å²) in [6.45, 7) is 6.25. The lowest BCUT2D eigenvalue weighted by molar-refractivity contribution is 0.102. The topological polar surface area (TPSA) is 71.8 Å². The molecule has 6 nitrogen and oxygen atoms in total. The Bertz CT molecular complexity index is 662. The molecule has 0 unspecified atom stereocenters. The number of hydrogen-bond acceptors (Lipinski definition) is 4. The Morgan fingerprint density at radius 2 is 1.92 bits per heavy atom. The van der Waals surface area contributed by atoms with E-state index in [1.807, 2.05) is 28.9 Å². The van der Waals surface area contributed by atoms with E-state index in [4.69, 9.17) is 0 Å². The largest absolute Gasteiger partial charge is 0.321 e. The molecule has 0 atom stereocenters. The van der Waals surface area contributed by atoms with Gasteiger partial charge in [-0.1, -0.05) is 31.2 Å². The van der Waals surface area contributed by atoms with Gasteiger partial charge in [0.25, 0.3) is 5.91 Å². The van der Waals surface area contributed by atoms with Gasteiger partial charge < -0.3 is 10.6 Å². The zero-order chi connectivity index (χ0) is 16.2. The van der Waals surface area contributed by atoms with Crippen molar-refractivity contribution in [3.8, 4) is 0 Å². The van der Waals surface area contributed by atoms with Crippen molar-refractivity contribution in [2.75, 3.05) is 18.4 Å². The summed E-state index contributed by atoms with van der Waals surface area (Å²) in [5.74, 6) is 0.257. The fraction of sp³-hybridized carbons (Fsp3) is 0.471. The van der Waals surface area contributed by atoms with Gasteiger partial charge >= 0.3 is 0 Å². The number of anilines is 1. The number of benzene rings is 1. The van der Waals surface area contributed by atoms with E-state index < -0.39 is 0 Å². The van der Waals surface area contributed by atoms with Crippen molar-refractivity contribution in [3.63, 3.8) is 0 Å². The average Bonchev–Trinajstić information content (AvgIpc) is 3.06. The number of amides is 1. The van der Waals surface area contributed by atoms with Gasteiger partial charge in [0.2, 0.25) is 0 Å². The predicted octanol–water partition coefficient (Wildman–Crippen LogP) is 3.00. The van der Waals surface area contributed by atoms with Crippen LogP contribution in [-0.2, 0) is 0 Å². The number of nitrogens with zero attached hydrogens (tertiary/aromatic N) is 3. The van der Waals surface area contributed by atoms with Crippen molar-refractivity contribution in [1.29, 1.82) is 0 Å². The van der Waals surface area contributed by atoms with E-state index in [1.165, 1.54) is 5.56 Å². The highest BCUT2D eigenvalue weighted by Gasteiger charge is 2.18. The van der Waals surface area contributed by atoms with Crippen molar-refractivity contribution in [3.05, 3.63) is 41.7 Å². The second-order valence-corrected chi connectivity index (χ2v) is 6.30. The number of nitrogens with one attached hydrogen (secondary N) is 2. The summed E-state index contributed by atoms with van der Waals surface area (Å²) in [5, 5.41) is 14.3. The maximum Gasteiger partial charge on any atom is 0.277 e. The maximum absolute atomic E-state index is 12.3. The summed E-state index contributed by atoms with van der Waals surface area (Å²) in [5.41, 5.74) is 2.38. The fourth-order valence-electron chi connectivity index (χ4n) is 2.78. The molecule has 1 fully saturated rings. The maximum atomic E-state index is 12.3. The molecule has 7 heteroatoms. The molecule has 0 spiro atoms. The summed E-state index contributed by atoms with van der Waals surface area (Å²) < 4.78 is 1.82. The van der Waals surface area contributed by atoms with Gasteiger partial charge in [0.05, 0.1) is 12.2 Å². The molecule has 1 aliphatic heterocycles. The number of piperidine rings is 1. The standard InChI is InChI=1S/C17H23N5O.ClH/c1-12(2)13-3-5-14(6-4-13)19-17(23)16-11-22(21-20-16)15-7-9-18-10-8-15;/h3-6,11-12,15,18H,7-10H2,1-2H3,(H,19,23);1H. The highest BCUT2D eigenvalue weighted by atomic mass is 35.5. The molecule has 0 radical (unpaired) electrons. The second kappa shape index (κ2) is 8.26. The lowest BCUT2D eigenvalue weighted by atomic mass is 10.0. The molecule has 0 bridgehead atoms. The monoisotopic (exact) mass is 349 g/mol. The van der Waals surface area contributed by atoms with E-state index in [9.17, 15) is 4.79 Å². The third-order valence-corrected chi connectivity index (χ3v) is 4.26. The van der Waals surface area contributed by atoms with Gasteiger partial charge in [0, 0.05) is 5.69 Å². The Morgan fingerprint density at radius 3 is 2.54 bits per heavy atom. The Kier molecular flexibility index (Phi) is 6.34. The first-order valence-electron chi connectivity index (χ1n) is 8.17. The first kappa shape index (κ1) is 18.4. The third-order valence-electron chi connectivity index (χ3n) is 4.26. The van der Waals surface area contributed by atoms with E-state index in [2.05, 4.69) is 34.8 Å². The van der Waals surface area contributed by atoms with Crippen LogP contribution in [0.4, 0.5) is 5.69 Å². The molecule has 1 aromatic carbocycles. The number of carbonyl (C=O) groups excluding carboxylic acids is 1. The van der Waals surface area contributed by atoms with Crippen LogP contribution in [0.25, 0.3) is 0 Å². The number of rotatable bonds is 4. The molecule has 0 saturated carbocycles. The second-order valence-electron chi connectivity index (χ2n) is 6.30. The Hall–Kier alpha value is -1.92. The Morgan fingerprint density at radius 1 is 1.25 bits per heavy atom. The van der Waals surface area contributed by atoms with Crippen molar-refractivity contribution >= 4 is 24.0 Å². The van der Waals surface area contributed by atoms with Gasteiger partial charge in [-0.2, -0.15) is 0 Å². The molecule has 0 aliphatic carbocycles. The van der Waals surface area contributed by atoms with Crippen LogP contribution in [-0.4, -0.2) is 34.0 Å². The fourth-order valence-corrected chi connectivity index (χ4v) is 2.78. The van der Waals surface area contributed by atoms with Crippen LogP contribution in [0.3, 0.4) is 0 Å². The summed E-state index contributed by atoms with van der Waals surface area (Å²) in [7, 11) is 0. The van der Waals surface area contributed by atoms with Gasteiger partial charge in [0.1, 0.15) is 0 Å². The van der Waals surface area contributed by atoms with Crippen molar-refractivity contribution in [2.24, 2.45) is 0 Å². The minimum absolute atomic E-state index is 0. The van der Waals surface area contributed by atoms with Gasteiger partial charge in [0.15, 0.2) is 5.69 Å². The van der Waals surface area contributed by atoms with Crippen molar-refractivity contribution in [1.82, 2.24) is 20.3 Å². The minimum Gasteiger partial charge on any atom is -0.321 e. The summed E-state index contributed by atoms with van der Waals surface area (Å²) >= 11 is 0. The van der Waals surface area contributed by atoms with E-state index in [0.717, 1.165) is 31.6 Å². The van der Waals surface area contributed by atoms with Crippen molar-refractivity contribution in [2.45, 2.75) is 38.6 Å². The van der Waals surface area contributed by atoms with Crippen LogP contribution in [0.5, 0.6) is 0 Å². The molecular weight excluding hydrogens is 326 g/mol. The average molecular weight is 350 g/mol. The van der Waals surface area contributed by atoms with Gasteiger partial charge in [-0.15, -0.1) is 17.5 Å². The molecule has 3 rings (SSSR count). The number of hydrogen-bond donors (Lipinski definition) is 2. The molecule has 1 saturated heterocycles. The van der Waals surface area contributed by atoms with Crippen LogP contribution in [0.1, 0.15) is 54.7 Å². The van der Waals surface area contributed by atoms with Crippen LogP contribution in [0.15, 0.2) is 30.5 Å². The van der Waals surface area contributed by atoms with Gasteiger partial charge in [-0.05, 0) is 49.5 Å². The Balaban J connectivity index is 0.00000208. The third kappa shape index (κ3) is 4.33. The zero-order valence-electron chi connectivity index (χ0n) is 14.0. The summed E-state index contributed by atoms with van der Waals surface area (Å²) in [4.78, 5) is 12.3. The number of aromatic nitrogens is 3.